The first kappa shape index (κ1) is 17.5. The molecule has 5 nitrogen and oxygen atoms in total. The first-order chi connectivity index (χ1) is 12.0. The molecule has 1 fully saturated rings. The summed E-state index contributed by atoms with van der Waals surface area (Å²) in [6.45, 7) is 3.81. The van der Waals surface area contributed by atoms with Crippen LogP contribution in [0.1, 0.15) is 30.9 Å². The van der Waals surface area contributed by atoms with Crippen LogP contribution in [-0.4, -0.2) is 29.3 Å². The number of hydrogen-bond acceptors (Lipinski definition) is 5. The standard InChI is InChI=1S/C17H18ClF2N5/c1-10-5-6-25(9-10)16-13(8-21)15(23-17(18)24-16)22-12-4-2-3-11(7-12)14(19)20/h2-4,7-8,10,14,21H,5-6,9H2,1H3,(H,22,23,24). The first-order valence-corrected chi connectivity index (χ1v) is 8.34. The predicted molar refractivity (Wildman–Crippen MR) is 95.6 cm³/mol. The van der Waals surface area contributed by atoms with E-state index in [0.717, 1.165) is 25.7 Å². The second kappa shape index (κ2) is 7.31. The van der Waals surface area contributed by atoms with Gasteiger partial charge in [-0.2, -0.15) is 9.97 Å². The molecule has 0 aliphatic carbocycles. The fourth-order valence-corrected chi connectivity index (χ4v) is 3.08. The lowest BCUT2D eigenvalue weighted by Gasteiger charge is -2.21. The highest BCUT2D eigenvalue weighted by Crippen LogP contribution is 2.31. The molecule has 0 spiro atoms. The molecule has 1 aromatic carbocycles. The average molecular weight is 366 g/mol. The van der Waals surface area contributed by atoms with Crippen LogP contribution in [0.3, 0.4) is 0 Å². The smallest absolute Gasteiger partial charge is 0.263 e. The van der Waals surface area contributed by atoms with Crippen molar-refractivity contribution >= 4 is 35.1 Å². The predicted octanol–water partition coefficient (Wildman–Crippen LogP) is 4.66. The van der Waals surface area contributed by atoms with Crippen molar-refractivity contribution in [2.24, 2.45) is 5.92 Å². The van der Waals surface area contributed by atoms with Gasteiger partial charge in [-0.15, -0.1) is 0 Å². The molecule has 0 bridgehead atoms. The molecule has 1 aliphatic heterocycles. The Morgan fingerprint density at radius 2 is 2.20 bits per heavy atom. The van der Waals surface area contributed by atoms with Gasteiger partial charge in [0.15, 0.2) is 0 Å². The highest BCUT2D eigenvalue weighted by atomic mass is 35.5. The van der Waals surface area contributed by atoms with Gasteiger partial charge in [0.1, 0.15) is 11.6 Å². The minimum atomic E-state index is -2.56. The number of nitrogens with one attached hydrogen (secondary N) is 2. The van der Waals surface area contributed by atoms with E-state index >= 15 is 0 Å². The van der Waals surface area contributed by atoms with E-state index in [1.807, 2.05) is 0 Å². The summed E-state index contributed by atoms with van der Waals surface area (Å²) < 4.78 is 25.8. The molecule has 3 rings (SSSR count). The van der Waals surface area contributed by atoms with Crippen molar-refractivity contribution in [3.05, 3.63) is 40.7 Å². The molecule has 1 atom stereocenters. The zero-order valence-corrected chi connectivity index (χ0v) is 14.4. The largest absolute Gasteiger partial charge is 0.356 e. The number of benzene rings is 1. The Labute approximate surface area is 149 Å². The summed E-state index contributed by atoms with van der Waals surface area (Å²) in [7, 11) is 0. The normalized spacial score (nSPS) is 17.2. The number of anilines is 3. The topological polar surface area (TPSA) is 64.9 Å². The van der Waals surface area contributed by atoms with Crippen LogP contribution >= 0.6 is 11.6 Å². The maximum Gasteiger partial charge on any atom is 0.263 e. The second-order valence-corrected chi connectivity index (χ2v) is 6.45. The SMILES string of the molecule is CC1CCN(c2nc(Cl)nc(Nc3cccc(C(F)F)c3)c2C=N)C1. The number of alkyl halides is 2. The summed E-state index contributed by atoms with van der Waals surface area (Å²) in [4.78, 5) is 10.5. The molecule has 0 saturated carbocycles. The van der Waals surface area contributed by atoms with Crippen molar-refractivity contribution in [1.82, 2.24) is 9.97 Å². The van der Waals surface area contributed by atoms with Gasteiger partial charge < -0.3 is 15.6 Å². The van der Waals surface area contributed by atoms with Crippen LogP contribution in [0.4, 0.5) is 26.1 Å². The molecule has 0 amide bonds. The summed E-state index contributed by atoms with van der Waals surface area (Å²) in [6, 6.07) is 5.91. The zero-order chi connectivity index (χ0) is 18.0. The van der Waals surface area contributed by atoms with Crippen molar-refractivity contribution in [3.8, 4) is 0 Å². The fraction of sp³-hybridized carbons (Fsp3) is 0.353. The third-order valence-electron chi connectivity index (χ3n) is 4.17. The van der Waals surface area contributed by atoms with E-state index in [4.69, 9.17) is 17.0 Å². The summed E-state index contributed by atoms with van der Waals surface area (Å²) in [5, 5.41) is 10.8. The Kier molecular flexibility index (Phi) is 5.13. The van der Waals surface area contributed by atoms with E-state index in [9.17, 15) is 8.78 Å². The van der Waals surface area contributed by atoms with Gasteiger partial charge in [-0.1, -0.05) is 19.1 Å². The molecule has 2 aromatic rings. The van der Waals surface area contributed by atoms with Gasteiger partial charge >= 0.3 is 0 Å². The van der Waals surface area contributed by atoms with Gasteiger partial charge in [0.2, 0.25) is 5.28 Å². The number of aromatic nitrogens is 2. The van der Waals surface area contributed by atoms with E-state index in [1.54, 1.807) is 12.1 Å². The van der Waals surface area contributed by atoms with Crippen molar-refractivity contribution in [3.63, 3.8) is 0 Å². The maximum absolute atomic E-state index is 12.9. The van der Waals surface area contributed by atoms with Crippen molar-refractivity contribution < 1.29 is 8.78 Å². The fourth-order valence-electron chi connectivity index (χ4n) is 2.92. The van der Waals surface area contributed by atoms with E-state index < -0.39 is 6.43 Å². The number of rotatable bonds is 5. The zero-order valence-electron chi connectivity index (χ0n) is 13.6. The van der Waals surface area contributed by atoms with Crippen LogP contribution < -0.4 is 10.2 Å². The molecule has 1 saturated heterocycles. The highest BCUT2D eigenvalue weighted by Gasteiger charge is 2.24. The lowest BCUT2D eigenvalue weighted by molar-refractivity contribution is 0.151. The molecule has 132 valence electrons. The number of hydrogen-bond donors (Lipinski definition) is 2. The van der Waals surface area contributed by atoms with Crippen LogP contribution in [0.5, 0.6) is 0 Å². The summed E-state index contributed by atoms with van der Waals surface area (Å²) in [5.41, 5.74) is 0.854. The van der Waals surface area contributed by atoms with Crippen LogP contribution in [0.2, 0.25) is 5.28 Å². The first-order valence-electron chi connectivity index (χ1n) is 7.96. The van der Waals surface area contributed by atoms with Crippen LogP contribution in [0, 0.1) is 11.3 Å². The molecule has 2 heterocycles. The van der Waals surface area contributed by atoms with Crippen molar-refractivity contribution in [1.29, 1.82) is 5.41 Å². The van der Waals surface area contributed by atoms with E-state index in [-0.39, 0.29) is 10.8 Å². The molecule has 1 unspecified atom stereocenters. The lowest BCUT2D eigenvalue weighted by atomic mass is 10.2. The van der Waals surface area contributed by atoms with Crippen molar-refractivity contribution in [2.45, 2.75) is 19.8 Å². The van der Waals surface area contributed by atoms with Gasteiger partial charge in [-0.05, 0) is 36.1 Å². The molecule has 1 aromatic heterocycles. The lowest BCUT2D eigenvalue weighted by Crippen LogP contribution is -2.23. The highest BCUT2D eigenvalue weighted by molar-refractivity contribution is 6.28. The van der Waals surface area contributed by atoms with Gasteiger partial charge in [0.25, 0.3) is 6.43 Å². The van der Waals surface area contributed by atoms with Gasteiger partial charge in [0, 0.05) is 30.6 Å². The third-order valence-corrected chi connectivity index (χ3v) is 4.34. The Morgan fingerprint density at radius 1 is 1.40 bits per heavy atom. The number of nitrogens with zero attached hydrogens (tertiary/aromatic N) is 3. The summed E-state index contributed by atoms with van der Waals surface area (Å²) in [6.07, 6.45) is -0.355. The molecule has 2 N–H and O–H groups in total. The molecular formula is C17H18ClF2N5. The van der Waals surface area contributed by atoms with Crippen LogP contribution in [-0.2, 0) is 0 Å². The van der Waals surface area contributed by atoms with Crippen LogP contribution in [0.15, 0.2) is 24.3 Å². The summed E-state index contributed by atoms with van der Waals surface area (Å²) >= 11 is 6.06. The van der Waals surface area contributed by atoms with Crippen LogP contribution in [0.25, 0.3) is 0 Å². The number of halogens is 3. The Morgan fingerprint density at radius 3 is 2.84 bits per heavy atom. The quantitative estimate of drug-likeness (QED) is 0.597. The average Bonchev–Trinajstić information content (AvgIpc) is 3.01. The van der Waals surface area contributed by atoms with Gasteiger partial charge in [-0.3, -0.25) is 0 Å². The molecule has 8 heteroatoms. The molecule has 0 radical (unpaired) electrons. The summed E-state index contributed by atoms with van der Waals surface area (Å²) in [5.74, 6) is 1.45. The molecular weight excluding hydrogens is 348 g/mol. The van der Waals surface area contributed by atoms with E-state index in [1.165, 1.54) is 12.1 Å². The van der Waals surface area contributed by atoms with Gasteiger partial charge in [0.05, 0.1) is 5.56 Å². The minimum absolute atomic E-state index is 0.0488. The Bertz CT molecular complexity index is 784. The molecule has 25 heavy (non-hydrogen) atoms. The third kappa shape index (κ3) is 3.87. The maximum atomic E-state index is 12.9. The second-order valence-electron chi connectivity index (χ2n) is 6.11. The van der Waals surface area contributed by atoms with Crippen molar-refractivity contribution in [2.75, 3.05) is 23.3 Å². The van der Waals surface area contributed by atoms with Gasteiger partial charge in [-0.25, -0.2) is 8.78 Å². The minimum Gasteiger partial charge on any atom is -0.356 e. The monoisotopic (exact) mass is 365 g/mol. The Balaban J connectivity index is 1.97. The van der Waals surface area contributed by atoms with E-state index in [0.29, 0.717) is 28.8 Å². The van der Waals surface area contributed by atoms with E-state index in [2.05, 4.69) is 27.1 Å². The Hall–Kier alpha value is -2.28. The molecule has 1 aliphatic rings.